The number of likely N-dealkylation sites (N-methyl/N-ethyl adjacent to an activating group) is 1. The Morgan fingerprint density at radius 2 is 2.35 bits per heavy atom. The number of nitrogens with two attached hydrogens (primary N) is 1. The lowest BCUT2D eigenvalue weighted by Gasteiger charge is -2.13. The number of H-pyrrole nitrogens is 1. The van der Waals surface area contributed by atoms with Crippen LogP contribution >= 0.6 is 0 Å². The molecule has 1 atom stereocenters. The molecule has 3 rings (SSSR count). The van der Waals surface area contributed by atoms with Gasteiger partial charge >= 0.3 is 0 Å². The van der Waals surface area contributed by atoms with E-state index >= 15 is 0 Å². The normalized spacial score (nSPS) is 12.9. The average Bonchev–Trinajstić information content (AvgIpc) is 3.12. The van der Waals surface area contributed by atoms with Crippen LogP contribution in [0.5, 0.6) is 0 Å². The van der Waals surface area contributed by atoms with Crippen LogP contribution in [-0.4, -0.2) is 39.2 Å². The Hall–Kier alpha value is -2.18. The van der Waals surface area contributed by atoms with Crippen molar-refractivity contribution in [2.24, 2.45) is 5.73 Å². The molecule has 6 heteroatoms. The number of hydrogen-bond acceptors (Lipinski definition) is 4. The zero-order valence-electron chi connectivity index (χ0n) is 11.4. The van der Waals surface area contributed by atoms with Crippen molar-refractivity contribution in [1.82, 2.24) is 24.9 Å². The van der Waals surface area contributed by atoms with Crippen molar-refractivity contribution < 1.29 is 0 Å². The van der Waals surface area contributed by atoms with Gasteiger partial charge in [0.15, 0.2) is 0 Å². The molecular weight excluding hydrogens is 252 g/mol. The van der Waals surface area contributed by atoms with E-state index < -0.39 is 0 Å². The molecule has 0 saturated carbocycles. The van der Waals surface area contributed by atoms with Gasteiger partial charge in [0.25, 0.3) is 0 Å². The van der Waals surface area contributed by atoms with E-state index in [4.69, 9.17) is 5.73 Å². The number of nitrogens with zero attached hydrogens (tertiary/aromatic N) is 3. The molecule has 4 N–H and O–H groups in total. The van der Waals surface area contributed by atoms with Crippen molar-refractivity contribution in [1.29, 1.82) is 0 Å². The van der Waals surface area contributed by atoms with Gasteiger partial charge in [0.05, 0.1) is 5.69 Å². The third-order valence-electron chi connectivity index (χ3n) is 3.54. The van der Waals surface area contributed by atoms with Crippen molar-refractivity contribution in [3.05, 3.63) is 42.5 Å². The third-order valence-corrected chi connectivity index (χ3v) is 3.54. The van der Waals surface area contributed by atoms with Crippen molar-refractivity contribution in [2.75, 3.05) is 13.6 Å². The SMILES string of the molecule is CNC(CN)Cc1c[nH]nc1-c1ccc2nccn2c1. The minimum absolute atomic E-state index is 0.253. The number of aromatic nitrogens is 4. The van der Waals surface area contributed by atoms with Gasteiger partial charge in [-0.1, -0.05) is 0 Å². The van der Waals surface area contributed by atoms with Crippen molar-refractivity contribution in [3.8, 4) is 11.3 Å². The predicted molar refractivity (Wildman–Crippen MR) is 78.4 cm³/mol. The molecule has 0 aromatic carbocycles. The summed E-state index contributed by atoms with van der Waals surface area (Å²) in [6.07, 6.45) is 8.55. The second-order valence-electron chi connectivity index (χ2n) is 4.79. The second-order valence-corrected chi connectivity index (χ2v) is 4.79. The fraction of sp³-hybridized carbons (Fsp3) is 0.286. The Morgan fingerprint density at radius 1 is 1.45 bits per heavy atom. The lowest BCUT2D eigenvalue weighted by Crippen LogP contribution is -2.35. The first-order valence-corrected chi connectivity index (χ1v) is 6.65. The summed E-state index contributed by atoms with van der Waals surface area (Å²) in [7, 11) is 1.93. The molecule has 104 valence electrons. The Balaban J connectivity index is 1.95. The number of pyridine rings is 1. The van der Waals surface area contributed by atoms with Crippen molar-refractivity contribution >= 4 is 5.65 Å². The number of hydrogen-bond donors (Lipinski definition) is 3. The fourth-order valence-corrected chi connectivity index (χ4v) is 2.35. The van der Waals surface area contributed by atoms with Gasteiger partial charge in [-0.2, -0.15) is 5.10 Å². The summed E-state index contributed by atoms with van der Waals surface area (Å²) in [5.41, 5.74) is 9.87. The zero-order chi connectivity index (χ0) is 13.9. The first kappa shape index (κ1) is 12.8. The average molecular weight is 270 g/mol. The molecule has 0 bridgehead atoms. The summed E-state index contributed by atoms with van der Waals surface area (Å²) in [6, 6.07) is 4.29. The summed E-state index contributed by atoms with van der Waals surface area (Å²) in [5, 5.41) is 10.5. The van der Waals surface area contributed by atoms with Crippen LogP contribution in [0, 0.1) is 0 Å². The second kappa shape index (κ2) is 5.44. The molecule has 20 heavy (non-hydrogen) atoms. The largest absolute Gasteiger partial charge is 0.329 e. The Labute approximate surface area is 117 Å². The molecule has 3 aromatic heterocycles. The van der Waals surface area contributed by atoms with Gasteiger partial charge in [-0.25, -0.2) is 4.98 Å². The first-order chi connectivity index (χ1) is 9.81. The summed E-state index contributed by atoms with van der Waals surface area (Å²) in [6.45, 7) is 0.599. The fourth-order valence-electron chi connectivity index (χ4n) is 2.35. The van der Waals surface area contributed by atoms with E-state index in [1.807, 2.05) is 42.2 Å². The number of rotatable bonds is 5. The highest BCUT2D eigenvalue weighted by Crippen LogP contribution is 2.22. The number of imidazole rings is 1. The third kappa shape index (κ3) is 2.31. The molecule has 0 saturated heterocycles. The molecule has 1 unspecified atom stereocenters. The molecule has 3 heterocycles. The summed E-state index contributed by atoms with van der Waals surface area (Å²) in [5.74, 6) is 0. The molecule has 0 radical (unpaired) electrons. The predicted octanol–water partition coefficient (Wildman–Crippen LogP) is 0.814. The van der Waals surface area contributed by atoms with Crippen LogP contribution in [0.3, 0.4) is 0 Å². The van der Waals surface area contributed by atoms with Gasteiger partial charge in [-0.3, -0.25) is 5.10 Å². The van der Waals surface area contributed by atoms with Crippen molar-refractivity contribution in [2.45, 2.75) is 12.5 Å². The Morgan fingerprint density at radius 3 is 3.15 bits per heavy atom. The Bertz CT molecular complexity index is 694. The van der Waals surface area contributed by atoms with Crippen LogP contribution in [0.1, 0.15) is 5.56 Å². The number of fused-ring (bicyclic) bond motifs is 1. The lowest BCUT2D eigenvalue weighted by molar-refractivity contribution is 0.569. The summed E-state index contributed by atoms with van der Waals surface area (Å²) >= 11 is 0. The maximum atomic E-state index is 5.74. The molecular formula is C14H18N6. The molecule has 0 aliphatic rings. The molecule has 0 aliphatic carbocycles. The van der Waals surface area contributed by atoms with E-state index in [9.17, 15) is 0 Å². The van der Waals surface area contributed by atoms with Gasteiger partial charge in [-0.15, -0.1) is 0 Å². The van der Waals surface area contributed by atoms with Gasteiger partial charge in [0.1, 0.15) is 5.65 Å². The standard InChI is InChI=1S/C14H18N6/c1-16-12(7-15)6-11-8-18-19-14(11)10-2-3-13-17-4-5-20(13)9-10/h2-5,8-9,12,16H,6-7,15H2,1H3,(H,18,19). The van der Waals surface area contributed by atoms with Gasteiger partial charge in [0, 0.05) is 42.9 Å². The van der Waals surface area contributed by atoms with Crippen LogP contribution in [-0.2, 0) is 6.42 Å². The van der Waals surface area contributed by atoms with E-state index in [0.717, 1.165) is 28.9 Å². The van der Waals surface area contributed by atoms with Crippen LogP contribution in [0.4, 0.5) is 0 Å². The molecule has 6 nitrogen and oxygen atoms in total. The first-order valence-electron chi connectivity index (χ1n) is 6.65. The minimum Gasteiger partial charge on any atom is -0.329 e. The van der Waals surface area contributed by atoms with Gasteiger partial charge < -0.3 is 15.5 Å². The van der Waals surface area contributed by atoms with E-state index in [1.54, 1.807) is 6.20 Å². The van der Waals surface area contributed by atoms with Gasteiger partial charge in [-0.05, 0) is 31.2 Å². The van der Waals surface area contributed by atoms with Gasteiger partial charge in [0.2, 0.25) is 0 Å². The maximum Gasteiger partial charge on any atom is 0.136 e. The van der Waals surface area contributed by atoms with E-state index in [-0.39, 0.29) is 6.04 Å². The van der Waals surface area contributed by atoms with E-state index in [1.165, 1.54) is 0 Å². The van der Waals surface area contributed by atoms with E-state index in [2.05, 4.69) is 20.5 Å². The summed E-state index contributed by atoms with van der Waals surface area (Å²) < 4.78 is 1.99. The Kier molecular flexibility index (Phi) is 3.49. The highest BCUT2D eigenvalue weighted by molar-refractivity contribution is 5.64. The molecule has 0 amide bonds. The highest BCUT2D eigenvalue weighted by Gasteiger charge is 2.13. The summed E-state index contributed by atoms with van der Waals surface area (Å²) in [4.78, 5) is 4.25. The topological polar surface area (TPSA) is 84.0 Å². The number of nitrogens with one attached hydrogen (secondary N) is 2. The highest BCUT2D eigenvalue weighted by atomic mass is 15.1. The zero-order valence-corrected chi connectivity index (χ0v) is 11.4. The van der Waals surface area contributed by atoms with E-state index in [0.29, 0.717) is 6.54 Å². The monoisotopic (exact) mass is 270 g/mol. The quantitative estimate of drug-likeness (QED) is 0.640. The molecule has 0 spiro atoms. The van der Waals surface area contributed by atoms with Crippen LogP contribution in [0.2, 0.25) is 0 Å². The minimum atomic E-state index is 0.253. The van der Waals surface area contributed by atoms with Crippen molar-refractivity contribution in [3.63, 3.8) is 0 Å². The van der Waals surface area contributed by atoms with Crippen LogP contribution < -0.4 is 11.1 Å². The van der Waals surface area contributed by atoms with Crippen LogP contribution in [0.25, 0.3) is 16.9 Å². The maximum absolute atomic E-state index is 5.74. The van der Waals surface area contributed by atoms with Crippen LogP contribution in [0.15, 0.2) is 36.9 Å². The number of aromatic amines is 1. The molecule has 0 aliphatic heterocycles. The molecule has 0 fully saturated rings. The molecule has 3 aromatic rings. The smallest absolute Gasteiger partial charge is 0.136 e. The lowest BCUT2D eigenvalue weighted by atomic mass is 10.0.